The van der Waals surface area contributed by atoms with Gasteiger partial charge in [0.05, 0.1) is 13.7 Å². The Labute approximate surface area is 131 Å². The predicted octanol–water partition coefficient (Wildman–Crippen LogP) is 3.49. The van der Waals surface area contributed by atoms with Gasteiger partial charge in [0.2, 0.25) is 0 Å². The van der Waals surface area contributed by atoms with Gasteiger partial charge in [-0.1, -0.05) is 60.7 Å². The number of rotatable bonds is 2. The molecule has 0 aliphatic heterocycles. The minimum absolute atomic E-state index is 0.0770. The number of hydrogen-bond acceptors (Lipinski definition) is 2. The van der Waals surface area contributed by atoms with Crippen molar-refractivity contribution in [1.29, 1.82) is 0 Å². The molecule has 1 rings (SSSR count). The Bertz CT molecular complexity index is 633. The second-order valence-electron chi connectivity index (χ2n) is 7.84. The van der Waals surface area contributed by atoms with Gasteiger partial charge in [0.15, 0.2) is 0 Å². The summed E-state index contributed by atoms with van der Waals surface area (Å²) in [6.45, 7) is 16.8. The predicted molar refractivity (Wildman–Crippen MR) is 90.8 cm³/mol. The van der Waals surface area contributed by atoms with Crippen LogP contribution in [0.5, 0.6) is 0 Å². The molecular weight excluding hydrogens is 300 g/mol. The fraction of sp³-hybridized carbons (Fsp3) is 0.625. The Hall–Kier alpha value is -0.653. The molecule has 0 spiro atoms. The van der Waals surface area contributed by atoms with Gasteiger partial charge in [-0.3, -0.25) is 4.55 Å². The lowest BCUT2D eigenvalue weighted by Gasteiger charge is -2.34. The fourth-order valence-electron chi connectivity index (χ4n) is 2.70. The summed E-state index contributed by atoms with van der Waals surface area (Å²) >= 11 is 0. The van der Waals surface area contributed by atoms with Gasteiger partial charge in [0.25, 0.3) is 10.1 Å². The van der Waals surface area contributed by atoms with E-state index in [0.717, 1.165) is 16.3 Å². The molecule has 1 N–H and O–H groups in total. The van der Waals surface area contributed by atoms with Crippen molar-refractivity contribution < 1.29 is 13.0 Å². The van der Waals surface area contributed by atoms with E-state index >= 15 is 0 Å². The van der Waals surface area contributed by atoms with Crippen molar-refractivity contribution in [2.24, 2.45) is 0 Å². The first-order valence-corrected chi connectivity index (χ1v) is 11.1. The first kappa shape index (κ1) is 18.4. The summed E-state index contributed by atoms with van der Waals surface area (Å²) in [7, 11) is -5.26. The average Bonchev–Trinajstić information content (AvgIpc) is 2.23. The van der Waals surface area contributed by atoms with E-state index in [1.54, 1.807) is 6.07 Å². The van der Waals surface area contributed by atoms with Crippen LogP contribution in [0.1, 0.15) is 52.7 Å². The topological polar surface area (TPSA) is 54.4 Å². The van der Waals surface area contributed by atoms with E-state index < -0.39 is 18.9 Å². The molecule has 0 fully saturated rings. The molecule has 0 atom stereocenters. The van der Waals surface area contributed by atoms with Crippen LogP contribution in [0.3, 0.4) is 0 Å². The number of benzene rings is 1. The third-order valence-corrected chi connectivity index (χ3v) is 6.10. The summed E-state index contributed by atoms with van der Waals surface area (Å²) in [6, 6.07) is 3.43. The van der Waals surface area contributed by atoms with Crippen molar-refractivity contribution in [2.75, 3.05) is 0 Å². The largest absolute Gasteiger partial charge is 0.294 e. The molecule has 1 aromatic carbocycles. The molecule has 0 aliphatic rings. The van der Waals surface area contributed by atoms with Crippen LogP contribution in [-0.2, 0) is 20.9 Å². The highest BCUT2D eigenvalue weighted by Crippen LogP contribution is 2.34. The van der Waals surface area contributed by atoms with Gasteiger partial charge in [-0.25, -0.2) is 0 Å². The third kappa shape index (κ3) is 3.96. The highest BCUT2D eigenvalue weighted by Gasteiger charge is 2.32. The third-order valence-electron chi connectivity index (χ3n) is 3.50. The van der Waals surface area contributed by atoms with E-state index in [2.05, 4.69) is 54.6 Å². The molecule has 0 heterocycles. The van der Waals surface area contributed by atoms with Crippen molar-refractivity contribution in [2.45, 2.75) is 70.4 Å². The quantitative estimate of drug-likeness (QED) is 0.668. The van der Waals surface area contributed by atoms with E-state index in [4.69, 9.17) is 0 Å². The zero-order valence-electron chi connectivity index (χ0n) is 14.3. The minimum atomic E-state index is -4.20. The number of hydrogen-bond donors (Lipinski definition) is 1. The summed E-state index contributed by atoms with van der Waals surface area (Å²) in [6.07, 6.45) is 0. The lowest BCUT2D eigenvalue weighted by Crippen LogP contribution is -2.39. The van der Waals surface area contributed by atoms with E-state index in [1.165, 1.54) is 0 Å². The van der Waals surface area contributed by atoms with Crippen LogP contribution in [-0.4, -0.2) is 21.8 Å². The maximum Gasteiger partial charge on any atom is 0.294 e. The monoisotopic (exact) mass is 327 g/mol. The van der Waals surface area contributed by atoms with Crippen molar-refractivity contribution in [3.05, 3.63) is 23.3 Å². The van der Waals surface area contributed by atoms with Crippen LogP contribution in [0.2, 0.25) is 13.1 Å². The minimum Gasteiger partial charge on any atom is -0.282 e. The second-order valence-corrected chi connectivity index (χ2v) is 11.7. The normalized spacial score (nSPS) is 13.8. The highest BCUT2D eigenvalue weighted by molar-refractivity contribution is 7.86. The molecule has 0 bridgehead atoms. The summed E-state index contributed by atoms with van der Waals surface area (Å²) in [5, 5.41) is 0.836. The van der Waals surface area contributed by atoms with Crippen LogP contribution in [0, 0.1) is 0 Å². The van der Waals surface area contributed by atoms with Crippen molar-refractivity contribution in [3.8, 4) is 0 Å². The van der Waals surface area contributed by atoms with E-state index in [0.29, 0.717) is 0 Å². The van der Waals surface area contributed by atoms with Crippen molar-refractivity contribution in [3.63, 3.8) is 0 Å². The molecule has 0 unspecified atom stereocenters. The zero-order chi connectivity index (χ0) is 16.8. The van der Waals surface area contributed by atoms with Gasteiger partial charge in [-0.15, -0.1) is 0 Å². The maximum absolute atomic E-state index is 11.8. The lowest BCUT2D eigenvalue weighted by atomic mass is 9.75. The second kappa shape index (κ2) is 5.52. The maximum atomic E-state index is 11.8. The molecule has 0 aromatic heterocycles. The van der Waals surface area contributed by atoms with Crippen LogP contribution in [0.4, 0.5) is 0 Å². The van der Waals surface area contributed by atoms with Gasteiger partial charge >= 0.3 is 0 Å². The average molecular weight is 328 g/mol. The Balaban J connectivity index is 3.99. The summed E-state index contributed by atoms with van der Waals surface area (Å²) < 4.78 is 33.1. The van der Waals surface area contributed by atoms with Crippen LogP contribution < -0.4 is 5.19 Å². The van der Waals surface area contributed by atoms with Gasteiger partial charge in [0.1, 0.15) is 0 Å². The lowest BCUT2D eigenvalue weighted by molar-refractivity contribution is 0.482. The van der Waals surface area contributed by atoms with Gasteiger partial charge in [0, 0.05) is 0 Å². The van der Waals surface area contributed by atoms with Crippen LogP contribution in [0.15, 0.2) is 17.0 Å². The molecule has 5 heteroatoms. The molecule has 3 nitrogen and oxygen atoms in total. The standard InChI is InChI=1S/C16H27O3SSi/c1-15(2,3)11-9-10-12(20(17,18)19)14(21(7)8)13(11)16(4,5)6/h9-10H,1-8H3,(H,17,18,19). The molecular formula is C16H27O3SSi. The van der Waals surface area contributed by atoms with Crippen LogP contribution >= 0.6 is 0 Å². The van der Waals surface area contributed by atoms with E-state index in [1.807, 2.05) is 6.07 Å². The summed E-state index contributed by atoms with van der Waals surface area (Å²) in [5.41, 5.74) is 1.97. The van der Waals surface area contributed by atoms with E-state index in [9.17, 15) is 13.0 Å². The Morgan fingerprint density at radius 2 is 1.43 bits per heavy atom. The molecule has 119 valence electrons. The molecule has 0 saturated carbocycles. The van der Waals surface area contributed by atoms with Gasteiger partial charge in [-0.05, 0) is 33.2 Å². The Morgan fingerprint density at radius 3 is 1.71 bits per heavy atom. The summed E-state index contributed by atoms with van der Waals surface area (Å²) in [4.78, 5) is 0.0827. The Kier molecular flexibility index (Phi) is 4.84. The molecule has 0 amide bonds. The van der Waals surface area contributed by atoms with Crippen molar-refractivity contribution >= 4 is 24.1 Å². The smallest absolute Gasteiger partial charge is 0.282 e. The van der Waals surface area contributed by atoms with Gasteiger partial charge < -0.3 is 0 Å². The highest BCUT2D eigenvalue weighted by atomic mass is 32.2. The van der Waals surface area contributed by atoms with Gasteiger partial charge in [-0.2, -0.15) is 8.42 Å². The first-order valence-electron chi connectivity index (χ1n) is 7.13. The van der Waals surface area contributed by atoms with Crippen LogP contribution in [0.25, 0.3) is 0 Å². The zero-order valence-corrected chi connectivity index (χ0v) is 16.1. The summed E-state index contributed by atoms with van der Waals surface area (Å²) in [5.74, 6) is 0. The molecule has 1 aromatic rings. The molecule has 0 aliphatic carbocycles. The first-order chi connectivity index (χ1) is 9.17. The SMILES string of the molecule is C[Si](C)c1c(S(=O)(=O)O)ccc(C(C)(C)C)c1C(C)(C)C. The molecule has 0 saturated heterocycles. The Morgan fingerprint density at radius 1 is 0.952 bits per heavy atom. The fourth-order valence-corrected chi connectivity index (χ4v) is 5.88. The molecule has 1 radical (unpaired) electrons. The van der Waals surface area contributed by atoms with Crippen molar-refractivity contribution in [1.82, 2.24) is 0 Å². The van der Waals surface area contributed by atoms with E-state index in [-0.39, 0.29) is 15.7 Å². The molecule has 21 heavy (non-hydrogen) atoms.